The molecule has 50 heavy (non-hydrogen) atoms. The van der Waals surface area contributed by atoms with Gasteiger partial charge in [-0.25, -0.2) is 4.57 Å². The minimum absolute atomic E-state index is 0.0285. The summed E-state index contributed by atoms with van der Waals surface area (Å²) in [6.07, 6.45) is 33.7. The van der Waals surface area contributed by atoms with Crippen LogP contribution in [0.15, 0.2) is 24.3 Å². The molecule has 10 heteroatoms. The van der Waals surface area contributed by atoms with Crippen LogP contribution in [0.3, 0.4) is 0 Å². The Labute approximate surface area is 307 Å². The Balaban J connectivity index is 4.44. The zero-order chi connectivity index (χ0) is 37.2. The van der Waals surface area contributed by atoms with E-state index >= 15 is 0 Å². The molecule has 294 valence electrons. The third-order valence-electron chi connectivity index (χ3n) is 8.45. The quantitative estimate of drug-likeness (QED) is 0.0223. The molecule has 1 unspecified atom stereocenters. The van der Waals surface area contributed by atoms with E-state index in [9.17, 15) is 19.0 Å². The molecule has 0 rings (SSSR count). The second-order valence-electron chi connectivity index (χ2n) is 14.7. The summed E-state index contributed by atoms with van der Waals surface area (Å²) >= 11 is 0. The van der Waals surface area contributed by atoms with Crippen LogP contribution in [0.1, 0.15) is 168 Å². The van der Waals surface area contributed by atoms with E-state index in [2.05, 4.69) is 38.2 Å². The molecule has 0 radical (unpaired) electrons. The number of allylic oxidation sites excluding steroid dienone is 4. The Morgan fingerprint density at radius 2 is 1.04 bits per heavy atom. The van der Waals surface area contributed by atoms with E-state index in [0.29, 0.717) is 17.4 Å². The number of quaternary nitrogens is 1. The van der Waals surface area contributed by atoms with Gasteiger partial charge in [-0.1, -0.05) is 122 Å². The van der Waals surface area contributed by atoms with E-state index in [1.807, 2.05) is 21.1 Å². The van der Waals surface area contributed by atoms with Gasteiger partial charge in [-0.3, -0.25) is 18.6 Å². The average molecular weight is 731 g/mol. The number of hydrogen-bond donors (Lipinski definition) is 1. The normalized spacial score (nSPS) is 14.0. The van der Waals surface area contributed by atoms with Crippen LogP contribution in [-0.2, 0) is 32.7 Å². The number of likely N-dealkylation sites (N-methyl/N-ethyl adjacent to an activating group) is 1. The molecule has 0 aromatic rings. The first kappa shape index (κ1) is 48.5. The smallest absolute Gasteiger partial charge is 0.462 e. The Bertz CT molecular complexity index is 918. The van der Waals surface area contributed by atoms with Crippen molar-refractivity contribution < 1.29 is 42.1 Å². The highest BCUT2D eigenvalue weighted by Crippen LogP contribution is 2.43. The number of nitrogens with zero attached hydrogens (tertiary/aromatic N) is 1. The van der Waals surface area contributed by atoms with Crippen LogP contribution in [0.5, 0.6) is 0 Å². The molecule has 1 N–H and O–H groups in total. The standard InChI is InChI=1S/C40H76NO8P/c1-6-8-10-12-14-16-18-19-20-21-23-25-27-29-31-33-40(43)49-38(37-48-50(44,45)47-35-34-41(3,4)5)36-46-39(42)32-30-28-26-24-22-17-15-13-11-9-7-2/h13,15,21,23,38H,6-12,14,16-20,22,24-37H2,1-5H3/p+1/b15-13+,23-21+/t38-/m1/s1. The van der Waals surface area contributed by atoms with Crippen molar-refractivity contribution in [2.45, 2.75) is 174 Å². The fraction of sp³-hybridized carbons (Fsp3) is 0.850. The highest BCUT2D eigenvalue weighted by Gasteiger charge is 2.27. The molecule has 2 atom stereocenters. The average Bonchev–Trinajstić information content (AvgIpc) is 3.06. The summed E-state index contributed by atoms with van der Waals surface area (Å²) in [5.41, 5.74) is 0. The Morgan fingerprint density at radius 3 is 1.56 bits per heavy atom. The molecule has 0 spiro atoms. The third-order valence-corrected chi connectivity index (χ3v) is 9.44. The monoisotopic (exact) mass is 731 g/mol. The zero-order valence-electron chi connectivity index (χ0n) is 32.9. The fourth-order valence-electron chi connectivity index (χ4n) is 5.22. The maximum Gasteiger partial charge on any atom is 0.472 e. The van der Waals surface area contributed by atoms with Crippen molar-refractivity contribution in [3.8, 4) is 0 Å². The van der Waals surface area contributed by atoms with Gasteiger partial charge in [0.15, 0.2) is 6.10 Å². The molecule has 0 saturated carbocycles. The summed E-state index contributed by atoms with van der Waals surface area (Å²) < 4.78 is 34.1. The van der Waals surface area contributed by atoms with Crippen molar-refractivity contribution in [2.24, 2.45) is 0 Å². The summed E-state index contributed by atoms with van der Waals surface area (Å²) in [7, 11) is 1.46. The molecule has 0 fully saturated rings. The second kappa shape index (κ2) is 33.3. The van der Waals surface area contributed by atoms with Crippen LogP contribution in [0, 0.1) is 0 Å². The van der Waals surface area contributed by atoms with Crippen molar-refractivity contribution in [1.82, 2.24) is 0 Å². The Kier molecular flexibility index (Phi) is 32.3. The molecule has 0 aromatic carbocycles. The number of hydrogen-bond acceptors (Lipinski definition) is 7. The largest absolute Gasteiger partial charge is 0.472 e. The minimum atomic E-state index is -4.37. The molecule has 0 aliphatic rings. The number of phosphoric acid groups is 1. The van der Waals surface area contributed by atoms with E-state index in [4.69, 9.17) is 18.5 Å². The Hall–Kier alpha value is -1.51. The van der Waals surface area contributed by atoms with Crippen molar-refractivity contribution in [3.05, 3.63) is 24.3 Å². The number of phosphoric ester groups is 1. The van der Waals surface area contributed by atoms with Crippen molar-refractivity contribution in [2.75, 3.05) is 47.5 Å². The molecular formula is C40H77NO8P+. The van der Waals surface area contributed by atoms with Crippen molar-refractivity contribution >= 4 is 19.8 Å². The van der Waals surface area contributed by atoms with E-state index in [0.717, 1.165) is 70.6 Å². The lowest BCUT2D eigenvalue weighted by Crippen LogP contribution is -2.37. The summed E-state index contributed by atoms with van der Waals surface area (Å²) in [6.45, 7) is 4.34. The van der Waals surface area contributed by atoms with E-state index in [1.54, 1.807) is 0 Å². The van der Waals surface area contributed by atoms with Crippen molar-refractivity contribution in [1.29, 1.82) is 0 Å². The van der Waals surface area contributed by atoms with Crippen molar-refractivity contribution in [3.63, 3.8) is 0 Å². The molecular weight excluding hydrogens is 653 g/mol. The van der Waals surface area contributed by atoms with Crippen LogP contribution in [-0.4, -0.2) is 74.9 Å². The van der Waals surface area contributed by atoms with Gasteiger partial charge in [0.05, 0.1) is 27.7 Å². The van der Waals surface area contributed by atoms with Gasteiger partial charge in [0.2, 0.25) is 0 Å². The van der Waals surface area contributed by atoms with Gasteiger partial charge in [-0.05, 0) is 57.8 Å². The molecule has 0 amide bonds. The summed E-state index contributed by atoms with van der Waals surface area (Å²) in [4.78, 5) is 35.2. The molecule has 0 aromatic heterocycles. The predicted octanol–water partition coefficient (Wildman–Crippen LogP) is 10.8. The molecule has 0 saturated heterocycles. The first-order valence-electron chi connectivity index (χ1n) is 20.1. The zero-order valence-corrected chi connectivity index (χ0v) is 33.8. The van der Waals surface area contributed by atoms with Gasteiger partial charge in [-0.2, -0.15) is 0 Å². The highest BCUT2D eigenvalue weighted by molar-refractivity contribution is 7.47. The lowest BCUT2D eigenvalue weighted by atomic mass is 10.1. The van der Waals surface area contributed by atoms with Gasteiger partial charge in [0.25, 0.3) is 0 Å². The van der Waals surface area contributed by atoms with Crippen LogP contribution in [0.25, 0.3) is 0 Å². The minimum Gasteiger partial charge on any atom is -0.462 e. The van der Waals surface area contributed by atoms with Gasteiger partial charge in [-0.15, -0.1) is 0 Å². The number of carbonyl (C=O) groups excluding carboxylic acids is 2. The summed E-state index contributed by atoms with van der Waals surface area (Å²) in [5.74, 6) is -0.828. The first-order valence-corrected chi connectivity index (χ1v) is 21.6. The SMILES string of the molecule is CCCC/C=C/CCCCCCCC(=O)OC[C@H](COP(=O)(O)OCC[N+](C)(C)C)OC(=O)CCCCC/C=C/CCCCCCCCCC. The van der Waals surface area contributed by atoms with E-state index in [1.165, 1.54) is 64.2 Å². The maximum atomic E-state index is 12.6. The fourth-order valence-corrected chi connectivity index (χ4v) is 5.96. The topological polar surface area (TPSA) is 108 Å². The number of rotatable bonds is 36. The van der Waals surface area contributed by atoms with Gasteiger partial charge < -0.3 is 18.9 Å². The number of ether oxygens (including phenoxy) is 2. The van der Waals surface area contributed by atoms with Crippen LogP contribution >= 0.6 is 7.82 Å². The lowest BCUT2D eigenvalue weighted by molar-refractivity contribution is -0.870. The van der Waals surface area contributed by atoms with Crippen LogP contribution < -0.4 is 0 Å². The molecule has 0 bridgehead atoms. The molecule has 0 aliphatic heterocycles. The van der Waals surface area contributed by atoms with Crippen LogP contribution in [0.4, 0.5) is 0 Å². The summed E-state index contributed by atoms with van der Waals surface area (Å²) in [5, 5.41) is 0. The van der Waals surface area contributed by atoms with Gasteiger partial charge in [0.1, 0.15) is 19.8 Å². The highest BCUT2D eigenvalue weighted by atomic mass is 31.2. The maximum absolute atomic E-state index is 12.6. The van der Waals surface area contributed by atoms with E-state index < -0.39 is 26.5 Å². The summed E-state index contributed by atoms with van der Waals surface area (Å²) in [6, 6.07) is 0. The predicted molar refractivity (Wildman–Crippen MR) is 206 cm³/mol. The lowest BCUT2D eigenvalue weighted by Gasteiger charge is -2.24. The first-order chi connectivity index (χ1) is 24.0. The third kappa shape index (κ3) is 36.3. The molecule has 0 heterocycles. The second-order valence-corrected chi connectivity index (χ2v) is 16.1. The van der Waals surface area contributed by atoms with Crippen LogP contribution in [0.2, 0.25) is 0 Å². The molecule has 0 aliphatic carbocycles. The Morgan fingerprint density at radius 1 is 0.600 bits per heavy atom. The number of esters is 2. The number of unbranched alkanes of at least 4 members (excludes halogenated alkanes) is 18. The van der Waals surface area contributed by atoms with Gasteiger partial charge in [0, 0.05) is 12.8 Å². The van der Waals surface area contributed by atoms with Gasteiger partial charge >= 0.3 is 19.8 Å². The van der Waals surface area contributed by atoms with E-state index in [-0.39, 0.29) is 32.0 Å². The molecule has 9 nitrogen and oxygen atoms in total. The number of carbonyl (C=O) groups is 2.